The van der Waals surface area contributed by atoms with Gasteiger partial charge >= 0.3 is 0 Å². The lowest BCUT2D eigenvalue weighted by Crippen LogP contribution is -2.43. The van der Waals surface area contributed by atoms with E-state index in [1.165, 1.54) is 37.2 Å². The monoisotopic (exact) mass is 343 g/mol. The first-order valence-corrected chi connectivity index (χ1v) is 9.41. The van der Waals surface area contributed by atoms with Gasteiger partial charge in [0, 0.05) is 17.8 Å². The van der Waals surface area contributed by atoms with Gasteiger partial charge in [0.05, 0.1) is 5.56 Å². The molecule has 0 aromatic carbocycles. The molecule has 0 aliphatic carbocycles. The lowest BCUT2D eigenvalue weighted by molar-refractivity contribution is 0.103. The molecule has 0 saturated carbocycles. The van der Waals surface area contributed by atoms with E-state index < -0.39 is 6.43 Å². The fourth-order valence-electron chi connectivity index (χ4n) is 4.02. The standard InChI is InChI=1S/C16H23F2N3OS/c1-3-16-6-4-8-21(16)11(5-7-16)10-22-14-12(13(17)18)9-19-15(20-14)23-2/h9,11,13H,3-8,10H2,1-2H3/t11-,16-/m0/s1. The Kier molecular flexibility index (Phi) is 5.06. The van der Waals surface area contributed by atoms with Crippen LogP contribution in [0.2, 0.25) is 0 Å². The topological polar surface area (TPSA) is 38.2 Å². The second-order valence-corrected chi connectivity index (χ2v) is 7.07. The Labute approximate surface area is 140 Å². The van der Waals surface area contributed by atoms with Gasteiger partial charge in [-0.25, -0.2) is 13.8 Å². The summed E-state index contributed by atoms with van der Waals surface area (Å²) in [6.45, 7) is 3.75. The van der Waals surface area contributed by atoms with E-state index in [9.17, 15) is 8.78 Å². The van der Waals surface area contributed by atoms with E-state index in [1.54, 1.807) is 0 Å². The molecule has 128 valence electrons. The molecular formula is C16H23F2N3OS. The molecule has 4 nitrogen and oxygen atoms in total. The van der Waals surface area contributed by atoms with Gasteiger partial charge in [-0.2, -0.15) is 4.98 Å². The SMILES string of the molecule is CC[C@@]12CCCN1[C@H](COc1nc(SC)ncc1C(F)F)CC2. The zero-order valence-corrected chi connectivity index (χ0v) is 14.4. The lowest BCUT2D eigenvalue weighted by Gasteiger charge is -2.34. The fraction of sp³-hybridized carbons (Fsp3) is 0.750. The first-order chi connectivity index (χ1) is 11.1. The molecule has 0 spiro atoms. The highest BCUT2D eigenvalue weighted by atomic mass is 32.2. The molecule has 7 heteroatoms. The molecule has 2 aliphatic heterocycles. The minimum atomic E-state index is -2.62. The number of rotatable bonds is 6. The summed E-state index contributed by atoms with van der Waals surface area (Å²) in [4.78, 5) is 10.6. The third-order valence-corrected chi connectivity index (χ3v) is 5.84. The number of thioether (sulfide) groups is 1. The summed E-state index contributed by atoms with van der Waals surface area (Å²) < 4.78 is 32.0. The molecule has 3 rings (SSSR count). The second kappa shape index (κ2) is 6.89. The molecule has 2 atom stereocenters. The Bertz CT molecular complexity index is 560. The molecule has 1 aromatic heterocycles. The van der Waals surface area contributed by atoms with Crippen molar-refractivity contribution < 1.29 is 13.5 Å². The smallest absolute Gasteiger partial charge is 0.270 e. The van der Waals surface area contributed by atoms with E-state index in [2.05, 4.69) is 21.8 Å². The summed E-state index contributed by atoms with van der Waals surface area (Å²) in [5.74, 6) is 0.0348. The first kappa shape index (κ1) is 16.9. The number of hydrogen-bond acceptors (Lipinski definition) is 5. The van der Waals surface area contributed by atoms with Crippen LogP contribution < -0.4 is 4.74 Å². The molecule has 0 unspecified atom stereocenters. The molecule has 0 radical (unpaired) electrons. The van der Waals surface area contributed by atoms with Crippen LogP contribution in [-0.2, 0) is 0 Å². The zero-order chi connectivity index (χ0) is 16.4. The van der Waals surface area contributed by atoms with Crippen LogP contribution in [0.5, 0.6) is 5.88 Å². The highest BCUT2D eigenvalue weighted by Gasteiger charge is 2.47. The zero-order valence-electron chi connectivity index (χ0n) is 13.6. The van der Waals surface area contributed by atoms with Gasteiger partial charge in [-0.05, 0) is 44.9 Å². The van der Waals surface area contributed by atoms with Crippen LogP contribution in [0.15, 0.2) is 11.4 Å². The molecule has 0 N–H and O–H groups in total. The number of fused-ring (bicyclic) bond motifs is 1. The predicted octanol–water partition coefficient (Wildman–Crippen LogP) is 3.92. The van der Waals surface area contributed by atoms with Gasteiger partial charge in [-0.3, -0.25) is 4.90 Å². The third kappa shape index (κ3) is 3.18. The van der Waals surface area contributed by atoms with E-state index in [1.807, 2.05) is 6.26 Å². The number of aromatic nitrogens is 2. The quantitative estimate of drug-likeness (QED) is 0.578. The number of nitrogens with zero attached hydrogens (tertiary/aromatic N) is 3. The van der Waals surface area contributed by atoms with Gasteiger partial charge in [0.1, 0.15) is 6.61 Å². The van der Waals surface area contributed by atoms with Crippen LogP contribution in [0.1, 0.15) is 51.0 Å². The maximum atomic E-state index is 13.1. The van der Waals surface area contributed by atoms with Crippen molar-refractivity contribution in [3.05, 3.63) is 11.8 Å². The molecule has 3 heterocycles. The van der Waals surface area contributed by atoms with Gasteiger partial charge < -0.3 is 4.74 Å². The lowest BCUT2D eigenvalue weighted by atomic mass is 9.91. The Hall–Kier alpha value is -0.950. The fourth-order valence-corrected chi connectivity index (χ4v) is 4.35. The minimum Gasteiger partial charge on any atom is -0.476 e. The Morgan fingerprint density at radius 2 is 2.30 bits per heavy atom. The summed E-state index contributed by atoms with van der Waals surface area (Å²) >= 11 is 1.32. The van der Waals surface area contributed by atoms with E-state index in [4.69, 9.17) is 4.74 Å². The van der Waals surface area contributed by atoms with E-state index in [0.717, 1.165) is 19.4 Å². The number of halogens is 2. The maximum Gasteiger partial charge on any atom is 0.270 e. The summed E-state index contributed by atoms with van der Waals surface area (Å²) in [5, 5.41) is 0.458. The van der Waals surface area contributed by atoms with Crippen LogP contribution in [-0.4, -0.2) is 45.9 Å². The highest BCUT2D eigenvalue weighted by Crippen LogP contribution is 2.44. The van der Waals surface area contributed by atoms with Crippen molar-refractivity contribution in [3.63, 3.8) is 0 Å². The van der Waals surface area contributed by atoms with Crippen molar-refractivity contribution in [2.45, 2.75) is 62.2 Å². The maximum absolute atomic E-state index is 13.1. The molecule has 2 saturated heterocycles. The van der Waals surface area contributed by atoms with Gasteiger partial charge in [0.2, 0.25) is 5.88 Å². The second-order valence-electron chi connectivity index (χ2n) is 6.30. The van der Waals surface area contributed by atoms with Crippen LogP contribution >= 0.6 is 11.8 Å². The van der Waals surface area contributed by atoms with Crippen molar-refractivity contribution in [1.82, 2.24) is 14.9 Å². The summed E-state index contributed by atoms with van der Waals surface area (Å²) in [6, 6.07) is 0.302. The number of ether oxygens (including phenoxy) is 1. The molecular weight excluding hydrogens is 320 g/mol. The number of alkyl halides is 2. The van der Waals surface area contributed by atoms with Crippen LogP contribution in [0.25, 0.3) is 0 Å². The average Bonchev–Trinajstić information content (AvgIpc) is 3.12. The van der Waals surface area contributed by atoms with Crippen molar-refractivity contribution >= 4 is 11.8 Å². The molecule has 0 amide bonds. The van der Waals surface area contributed by atoms with Gasteiger partial charge in [-0.15, -0.1) is 0 Å². The Morgan fingerprint density at radius 3 is 3.00 bits per heavy atom. The largest absolute Gasteiger partial charge is 0.476 e. The van der Waals surface area contributed by atoms with E-state index in [0.29, 0.717) is 23.3 Å². The van der Waals surface area contributed by atoms with Crippen molar-refractivity contribution in [3.8, 4) is 5.88 Å². The molecule has 2 fully saturated rings. The highest BCUT2D eigenvalue weighted by molar-refractivity contribution is 7.98. The molecule has 2 aliphatic rings. The third-order valence-electron chi connectivity index (χ3n) is 5.28. The van der Waals surface area contributed by atoms with Gasteiger partial charge in [-0.1, -0.05) is 18.7 Å². The van der Waals surface area contributed by atoms with Crippen molar-refractivity contribution in [2.24, 2.45) is 0 Å². The average molecular weight is 343 g/mol. The van der Waals surface area contributed by atoms with Gasteiger partial charge in [0.15, 0.2) is 5.16 Å². The first-order valence-electron chi connectivity index (χ1n) is 8.18. The van der Waals surface area contributed by atoms with E-state index in [-0.39, 0.29) is 11.4 Å². The minimum absolute atomic E-state index is 0.0348. The molecule has 23 heavy (non-hydrogen) atoms. The molecule has 1 aromatic rings. The van der Waals surface area contributed by atoms with Crippen LogP contribution in [0, 0.1) is 0 Å². The Balaban J connectivity index is 1.71. The van der Waals surface area contributed by atoms with Gasteiger partial charge in [0.25, 0.3) is 6.43 Å². The summed E-state index contributed by atoms with van der Waals surface area (Å²) in [5.41, 5.74) is 0.0966. The molecule has 0 bridgehead atoms. The normalized spacial score (nSPS) is 27.6. The van der Waals surface area contributed by atoms with E-state index >= 15 is 0 Å². The van der Waals surface area contributed by atoms with Crippen LogP contribution in [0.3, 0.4) is 0 Å². The number of hydrogen-bond donors (Lipinski definition) is 0. The Morgan fingerprint density at radius 1 is 1.48 bits per heavy atom. The van der Waals surface area contributed by atoms with Crippen molar-refractivity contribution in [1.29, 1.82) is 0 Å². The van der Waals surface area contributed by atoms with Crippen LogP contribution in [0.4, 0.5) is 8.78 Å². The van der Waals surface area contributed by atoms with Crippen molar-refractivity contribution in [2.75, 3.05) is 19.4 Å². The predicted molar refractivity (Wildman–Crippen MR) is 86.2 cm³/mol. The summed E-state index contributed by atoms with van der Waals surface area (Å²) in [7, 11) is 0. The summed E-state index contributed by atoms with van der Waals surface area (Å²) in [6.07, 6.45) is 6.24.